The fourth-order valence-electron chi connectivity index (χ4n) is 0. The molecule has 0 aromatic rings. The molecule has 0 unspecified atom stereocenters. The molecule has 0 aliphatic rings. The van der Waals surface area contributed by atoms with Crippen LogP contribution in [0.4, 0.5) is 0 Å². The normalized spacial score (nSPS) is 3.50. The Kier molecular flexibility index (Phi) is 156. The van der Waals surface area contributed by atoms with Gasteiger partial charge in [-0.2, -0.15) is 0 Å². The number of carbonyl (C=O) groups is 1. The van der Waals surface area contributed by atoms with Crippen molar-refractivity contribution in [2.45, 2.75) is 6.92 Å². The topological polar surface area (TPSA) is 152 Å². The van der Waals surface area contributed by atoms with Crippen molar-refractivity contribution >= 4 is 5.97 Å². The summed E-state index contributed by atoms with van der Waals surface area (Å²) >= 11 is 1.68. The molecule has 75 valence electrons. The molecule has 0 bridgehead atoms. The van der Waals surface area contributed by atoms with Crippen molar-refractivity contribution in [3.8, 4) is 0 Å². The van der Waals surface area contributed by atoms with Gasteiger partial charge in [0, 0.05) is 16.8 Å². The summed E-state index contributed by atoms with van der Waals surface area (Å²) in [6.45, 7) is 1.35. The van der Waals surface area contributed by atoms with E-state index in [1.54, 1.807) is 21.5 Å². The zero-order chi connectivity index (χ0) is 4.28. The van der Waals surface area contributed by atoms with Crippen molar-refractivity contribution in [3.63, 3.8) is 0 Å². The van der Waals surface area contributed by atoms with Gasteiger partial charge >= 0.3 is 42.4 Å². The first-order valence-corrected chi connectivity index (χ1v) is 1.92. The molecule has 10 heavy (non-hydrogen) atoms. The molecule has 0 spiro atoms. The van der Waals surface area contributed by atoms with Crippen molar-refractivity contribution in [1.29, 1.82) is 0 Å². The van der Waals surface area contributed by atoms with Crippen molar-refractivity contribution < 1.29 is 68.2 Å². The SMILES string of the molecule is CC(=O)[O][Au].O.O.O.O.[Co]. The van der Waals surface area contributed by atoms with Crippen LogP contribution in [-0.2, 0) is 46.3 Å². The van der Waals surface area contributed by atoms with Crippen LogP contribution in [0, 0.1) is 0 Å². The van der Waals surface area contributed by atoms with E-state index in [2.05, 4.69) is 3.24 Å². The van der Waals surface area contributed by atoms with Gasteiger partial charge in [-0.15, -0.1) is 0 Å². The van der Waals surface area contributed by atoms with Crippen LogP contribution in [0.1, 0.15) is 6.92 Å². The Labute approximate surface area is 81.2 Å². The van der Waals surface area contributed by atoms with Gasteiger partial charge in [0.05, 0.1) is 0 Å². The molecule has 0 amide bonds. The molecule has 0 heterocycles. The van der Waals surface area contributed by atoms with Crippen LogP contribution in [0.15, 0.2) is 0 Å². The van der Waals surface area contributed by atoms with Gasteiger partial charge in [0.15, 0.2) is 0 Å². The Hall–Kier alpha value is 0.557. The summed E-state index contributed by atoms with van der Waals surface area (Å²) in [5.41, 5.74) is 0. The van der Waals surface area contributed by atoms with Gasteiger partial charge in [0.25, 0.3) is 0 Å². The van der Waals surface area contributed by atoms with Crippen molar-refractivity contribution in [2.24, 2.45) is 0 Å². The fourth-order valence-corrected chi connectivity index (χ4v) is 0. The first-order valence-electron chi connectivity index (χ1n) is 1.03. The molecule has 8 N–H and O–H groups in total. The summed E-state index contributed by atoms with van der Waals surface area (Å²) in [6, 6.07) is 0. The Morgan fingerprint density at radius 3 is 1.30 bits per heavy atom. The first-order chi connectivity index (χ1) is 2.27. The van der Waals surface area contributed by atoms with E-state index in [1.807, 2.05) is 0 Å². The Morgan fingerprint density at radius 2 is 1.30 bits per heavy atom. The molecule has 0 fully saturated rings. The van der Waals surface area contributed by atoms with Gasteiger partial charge < -0.3 is 21.9 Å². The summed E-state index contributed by atoms with van der Waals surface area (Å²) in [5.74, 6) is -0.270. The molecule has 0 saturated carbocycles. The molecule has 0 aromatic heterocycles. The third-order valence-corrected chi connectivity index (χ3v) is 0.709. The quantitative estimate of drug-likeness (QED) is 0.400. The van der Waals surface area contributed by atoms with Crippen molar-refractivity contribution in [3.05, 3.63) is 0 Å². The van der Waals surface area contributed by atoms with Crippen LogP contribution in [0.2, 0.25) is 0 Å². The zero-order valence-corrected chi connectivity index (χ0v) is 8.16. The molecule has 1 radical (unpaired) electrons. The largest absolute Gasteiger partial charge is 0.412 e. The maximum Gasteiger partial charge on any atom is 0 e. The second-order valence-corrected chi connectivity index (χ2v) is 0.995. The summed E-state index contributed by atoms with van der Waals surface area (Å²) in [6.07, 6.45) is 0. The molecule has 8 heteroatoms. The van der Waals surface area contributed by atoms with Crippen molar-refractivity contribution in [1.82, 2.24) is 0 Å². The fraction of sp³-hybridized carbons (Fsp3) is 0.500. The van der Waals surface area contributed by atoms with Gasteiger partial charge in [-0.1, -0.05) is 0 Å². The molecule has 0 aromatic carbocycles. The average Bonchev–Trinajstić information content (AvgIpc) is 1.38. The monoisotopic (exact) mass is 387 g/mol. The minimum Gasteiger partial charge on any atom is -0.412 e. The summed E-state index contributed by atoms with van der Waals surface area (Å²) in [7, 11) is 0. The Morgan fingerprint density at radius 1 is 1.20 bits per heavy atom. The van der Waals surface area contributed by atoms with E-state index < -0.39 is 0 Å². The van der Waals surface area contributed by atoms with E-state index in [4.69, 9.17) is 0 Å². The van der Waals surface area contributed by atoms with Gasteiger partial charge in [-0.3, -0.25) is 0 Å². The van der Waals surface area contributed by atoms with Crippen LogP contribution in [0.5, 0.6) is 0 Å². The third-order valence-electron chi connectivity index (χ3n) is 0.0867. The van der Waals surface area contributed by atoms with E-state index in [9.17, 15) is 4.79 Å². The van der Waals surface area contributed by atoms with Gasteiger partial charge in [0.1, 0.15) is 0 Å². The number of rotatable bonds is 0. The standard InChI is InChI=1S/C2H4O2.Au.Co.4H2O/c1-2(3)4;;;;;;/h1H3,(H,3,4);;;4*1H2/q;+1;;;;;/p-1. The average molecular weight is 387 g/mol. The van der Waals surface area contributed by atoms with Crippen LogP contribution >= 0.6 is 0 Å². The third kappa shape index (κ3) is 74.7. The van der Waals surface area contributed by atoms with E-state index in [1.165, 1.54) is 6.92 Å². The van der Waals surface area contributed by atoms with E-state index in [0.717, 1.165) is 0 Å². The predicted molar refractivity (Wildman–Crippen MR) is 26.2 cm³/mol. The van der Waals surface area contributed by atoms with Crippen LogP contribution in [-0.4, -0.2) is 27.9 Å². The number of hydrogen-bond acceptors (Lipinski definition) is 2. The van der Waals surface area contributed by atoms with E-state index >= 15 is 0 Å². The van der Waals surface area contributed by atoms with Crippen LogP contribution in [0.25, 0.3) is 0 Å². The number of carbonyl (C=O) groups excluding carboxylic acids is 1. The molecule has 0 atom stereocenters. The summed E-state index contributed by atoms with van der Waals surface area (Å²) < 4.78 is 4.06. The number of hydrogen-bond donors (Lipinski definition) is 0. The molecule has 0 aliphatic heterocycles. The second-order valence-electron chi connectivity index (χ2n) is 0.553. The maximum absolute atomic E-state index is 9.58. The maximum atomic E-state index is 9.58. The minimum absolute atomic E-state index is 0. The Bertz CT molecular complexity index is 51.0. The van der Waals surface area contributed by atoms with Gasteiger partial charge in [-0.05, 0) is 0 Å². The molecule has 6 nitrogen and oxygen atoms in total. The smallest absolute Gasteiger partial charge is 0 e. The van der Waals surface area contributed by atoms with Gasteiger partial charge in [-0.25, -0.2) is 0 Å². The van der Waals surface area contributed by atoms with E-state index in [0.29, 0.717) is 0 Å². The zero-order valence-electron chi connectivity index (χ0n) is 4.95. The molecular formula is C2H11AuCoO6. The van der Waals surface area contributed by atoms with Gasteiger partial charge in [0.2, 0.25) is 0 Å². The molecule has 0 aliphatic carbocycles. The summed E-state index contributed by atoms with van der Waals surface area (Å²) in [4.78, 5) is 9.58. The molecule has 0 rings (SSSR count). The van der Waals surface area contributed by atoms with Crippen LogP contribution in [0.3, 0.4) is 0 Å². The van der Waals surface area contributed by atoms with Crippen molar-refractivity contribution in [2.75, 3.05) is 0 Å². The second kappa shape index (κ2) is 33.7. The molecular weight excluding hydrogens is 376 g/mol. The molecule has 0 saturated heterocycles. The summed E-state index contributed by atoms with van der Waals surface area (Å²) in [5, 5.41) is 0. The van der Waals surface area contributed by atoms with Crippen LogP contribution < -0.4 is 0 Å². The predicted octanol–water partition coefficient (Wildman–Crippen LogP) is -3.29. The van der Waals surface area contributed by atoms with E-state index in [-0.39, 0.29) is 44.7 Å². The minimum atomic E-state index is -0.270. The first kappa shape index (κ1) is 46.4. The Balaban J connectivity index is -0.00000000800.